The molecule has 0 unspecified atom stereocenters. The summed E-state index contributed by atoms with van der Waals surface area (Å²) in [6, 6.07) is 11.4. The first-order valence-corrected chi connectivity index (χ1v) is 11.0. The van der Waals surface area contributed by atoms with Crippen LogP contribution in [-0.2, 0) is 31.9 Å². The van der Waals surface area contributed by atoms with E-state index in [4.69, 9.17) is 28.4 Å². The molecule has 2 aromatic carbocycles. The van der Waals surface area contributed by atoms with Crippen molar-refractivity contribution < 1.29 is 38.0 Å². The molecule has 0 aliphatic carbocycles. The molecule has 0 aliphatic heterocycles. The molecule has 0 bridgehead atoms. The van der Waals surface area contributed by atoms with E-state index in [2.05, 4.69) is 0 Å². The summed E-state index contributed by atoms with van der Waals surface area (Å²) in [6.45, 7) is 3.12. The predicted octanol–water partition coefficient (Wildman–Crippen LogP) is 3.86. The lowest BCUT2D eigenvalue weighted by atomic mass is 9.83. The molecule has 0 saturated carbocycles. The van der Waals surface area contributed by atoms with Crippen molar-refractivity contribution in [3.05, 3.63) is 47.5 Å². The van der Waals surface area contributed by atoms with E-state index >= 15 is 0 Å². The van der Waals surface area contributed by atoms with Crippen molar-refractivity contribution in [2.24, 2.45) is 11.8 Å². The molecular weight excluding hydrogens is 440 g/mol. The van der Waals surface area contributed by atoms with Gasteiger partial charge in [-0.3, -0.25) is 9.59 Å². The largest absolute Gasteiger partial charge is 0.493 e. The summed E-state index contributed by atoms with van der Waals surface area (Å²) < 4.78 is 32.3. The smallest absolute Gasteiger partial charge is 0.302 e. The predicted molar refractivity (Wildman–Crippen MR) is 127 cm³/mol. The Bertz CT molecular complexity index is 878. The van der Waals surface area contributed by atoms with Crippen molar-refractivity contribution in [2.45, 2.75) is 26.7 Å². The maximum Gasteiger partial charge on any atom is 0.302 e. The third-order valence-corrected chi connectivity index (χ3v) is 5.56. The zero-order valence-electron chi connectivity index (χ0n) is 20.7. The highest BCUT2D eigenvalue weighted by Crippen LogP contribution is 2.32. The van der Waals surface area contributed by atoms with Crippen molar-refractivity contribution >= 4 is 11.9 Å². The van der Waals surface area contributed by atoms with E-state index in [1.165, 1.54) is 13.8 Å². The number of hydrogen-bond donors (Lipinski definition) is 0. The summed E-state index contributed by atoms with van der Waals surface area (Å²) >= 11 is 0. The lowest BCUT2D eigenvalue weighted by Crippen LogP contribution is -2.29. The van der Waals surface area contributed by atoms with Crippen molar-refractivity contribution in [1.82, 2.24) is 0 Å². The van der Waals surface area contributed by atoms with E-state index in [9.17, 15) is 9.59 Å². The van der Waals surface area contributed by atoms with Crippen LogP contribution < -0.4 is 18.9 Å². The fourth-order valence-corrected chi connectivity index (χ4v) is 3.79. The minimum absolute atomic E-state index is 0.130. The van der Waals surface area contributed by atoms with Crippen molar-refractivity contribution in [3.8, 4) is 23.0 Å². The van der Waals surface area contributed by atoms with Gasteiger partial charge in [-0.25, -0.2) is 0 Å². The molecular formula is C26H34O8. The van der Waals surface area contributed by atoms with Crippen LogP contribution >= 0.6 is 0 Å². The Morgan fingerprint density at radius 2 is 0.971 bits per heavy atom. The zero-order valence-corrected chi connectivity index (χ0v) is 20.7. The Balaban J connectivity index is 2.37. The second-order valence-corrected chi connectivity index (χ2v) is 7.91. The molecule has 0 aromatic heterocycles. The Labute approximate surface area is 201 Å². The highest BCUT2D eigenvalue weighted by atomic mass is 16.5. The van der Waals surface area contributed by atoms with Gasteiger partial charge in [0.15, 0.2) is 23.0 Å². The lowest BCUT2D eigenvalue weighted by Gasteiger charge is -2.27. The number of carbonyl (C=O) groups is 2. The standard InChI is InChI=1S/C26H34O8/c1-17(27)33-15-21(11-19-7-9-23(29-3)25(13-19)31-5)22(16-34-18(2)28)12-20-8-10-24(30-4)26(14-20)32-6/h7-10,13-14,21-22H,11-12,15-16H2,1-6H3/t21-,22-/m0/s1. The highest BCUT2D eigenvalue weighted by molar-refractivity contribution is 5.66. The maximum absolute atomic E-state index is 11.6. The maximum atomic E-state index is 11.6. The number of methoxy groups -OCH3 is 4. The van der Waals surface area contributed by atoms with Crippen LogP contribution in [0.2, 0.25) is 0 Å². The van der Waals surface area contributed by atoms with Crippen LogP contribution in [0.5, 0.6) is 23.0 Å². The Morgan fingerprint density at radius 1 is 0.618 bits per heavy atom. The van der Waals surface area contributed by atoms with E-state index in [1.54, 1.807) is 28.4 Å². The van der Waals surface area contributed by atoms with Gasteiger partial charge in [-0.15, -0.1) is 0 Å². The average molecular weight is 475 g/mol. The van der Waals surface area contributed by atoms with E-state index in [-0.39, 0.29) is 37.0 Å². The molecule has 2 rings (SSSR count). The topological polar surface area (TPSA) is 89.5 Å². The van der Waals surface area contributed by atoms with Crippen LogP contribution in [0.25, 0.3) is 0 Å². The van der Waals surface area contributed by atoms with E-state index in [0.717, 1.165) is 11.1 Å². The number of benzene rings is 2. The van der Waals surface area contributed by atoms with Gasteiger partial charge in [-0.2, -0.15) is 0 Å². The van der Waals surface area contributed by atoms with Crippen molar-refractivity contribution in [3.63, 3.8) is 0 Å². The van der Waals surface area contributed by atoms with Crippen LogP contribution in [0.1, 0.15) is 25.0 Å². The fraction of sp³-hybridized carbons (Fsp3) is 0.462. The molecule has 2 aromatic rings. The number of rotatable bonds is 13. The fourth-order valence-electron chi connectivity index (χ4n) is 3.79. The first kappa shape index (κ1) is 26.8. The van der Waals surface area contributed by atoms with Gasteiger partial charge in [0.25, 0.3) is 0 Å². The summed E-state index contributed by atoms with van der Waals surface area (Å²) in [4.78, 5) is 23.2. The molecule has 8 nitrogen and oxygen atoms in total. The van der Waals surface area contributed by atoms with Crippen molar-refractivity contribution in [1.29, 1.82) is 0 Å². The molecule has 8 heteroatoms. The highest BCUT2D eigenvalue weighted by Gasteiger charge is 2.26. The summed E-state index contributed by atoms with van der Waals surface area (Å²) in [5.41, 5.74) is 1.96. The molecule has 0 amide bonds. The molecule has 0 fully saturated rings. The molecule has 0 spiro atoms. The zero-order chi connectivity index (χ0) is 25.1. The molecule has 34 heavy (non-hydrogen) atoms. The third-order valence-electron chi connectivity index (χ3n) is 5.56. The first-order chi connectivity index (χ1) is 16.3. The molecule has 0 heterocycles. The van der Waals surface area contributed by atoms with Gasteiger partial charge in [0, 0.05) is 25.7 Å². The summed E-state index contributed by atoms with van der Waals surface area (Å²) in [6.07, 6.45) is 1.15. The summed E-state index contributed by atoms with van der Waals surface area (Å²) in [5.74, 6) is 1.49. The Kier molecular flexibility index (Phi) is 10.5. The second-order valence-electron chi connectivity index (χ2n) is 7.91. The molecule has 0 saturated heterocycles. The van der Waals surface area contributed by atoms with Gasteiger partial charge in [0.05, 0.1) is 41.7 Å². The molecule has 2 atom stereocenters. The second kappa shape index (κ2) is 13.3. The monoisotopic (exact) mass is 474 g/mol. The summed E-state index contributed by atoms with van der Waals surface area (Å²) in [7, 11) is 6.33. The molecule has 0 N–H and O–H groups in total. The Hall–Kier alpha value is -3.42. The number of ether oxygens (including phenoxy) is 6. The normalized spacial score (nSPS) is 12.3. The van der Waals surface area contributed by atoms with Gasteiger partial charge < -0.3 is 28.4 Å². The van der Waals surface area contributed by atoms with Crippen LogP contribution in [0, 0.1) is 11.8 Å². The molecule has 0 radical (unpaired) electrons. The van der Waals surface area contributed by atoms with E-state index < -0.39 is 0 Å². The van der Waals surface area contributed by atoms with Gasteiger partial charge in [0.2, 0.25) is 0 Å². The van der Waals surface area contributed by atoms with Gasteiger partial charge in [-0.1, -0.05) is 12.1 Å². The van der Waals surface area contributed by atoms with Gasteiger partial charge in [-0.05, 0) is 48.2 Å². The molecule has 0 aliphatic rings. The third kappa shape index (κ3) is 7.86. The first-order valence-electron chi connectivity index (χ1n) is 11.0. The lowest BCUT2D eigenvalue weighted by molar-refractivity contribution is -0.147. The van der Waals surface area contributed by atoms with Crippen LogP contribution in [0.4, 0.5) is 0 Å². The van der Waals surface area contributed by atoms with Crippen molar-refractivity contribution in [2.75, 3.05) is 41.7 Å². The minimum Gasteiger partial charge on any atom is -0.493 e. The van der Waals surface area contributed by atoms with Gasteiger partial charge in [0.1, 0.15) is 0 Å². The SMILES string of the molecule is COc1ccc(C[C@@H](COC(C)=O)[C@H](COC(C)=O)Cc2ccc(OC)c(OC)c2)cc1OC. The van der Waals surface area contributed by atoms with Crippen LogP contribution in [0.3, 0.4) is 0 Å². The number of carbonyl (C=O) groups excluding carboxylic acids is 2. The Morgan fingerprint density at radius 3 is 1.26 bits per heavy atom. The number of esters is 2. The quantitative estimate of drug-likeness (QED) is 0.404. The van der Waals surface area contributed by atoms with Crippen LogP contribution in [-0.4, -0.2) is 53.6 Å². The van der Waals surface area contributed by atoms with E-state index in [0.29, 0.717) is 35.8 Å². The minimum atomic E-state index is -0.366. The number of hydrogen-bond acceptors (Lipinski definition) is 8. The van der Waals surface area contributed by atoms with Crippen LogP contribution in [0.15, 0.2) is 36.4 Å². The summed E-state index contributed by atoms with van der Waals surface area (Å²) in [5, 5.41) is 0. The van der Waals surface area contributed by atoms with Gasteiger partial charge >= 0.3 is 11.9 Å². The average Bonchev–Trinajstić information content (AvgIpc) is 2.83. The molecule has 186 valence electrons. The van der Waals surface area contributed by atoms with E-state index in [1.807, 2.05) is 36.4 Å².